The van der Waals surface area contributed by atoms with E-state index in [4.69, 9.17) is 5.73 Å². The minimum atomic E-state index is 0.395. The minimum Gasteiger partial charge on any atom is -0.330 e. The van der Waals surface area contributed by atoms with Crippen molar-refractivity contribution in [2.75, 3.05) is 19.6 Å². The molecule has 0 saturated heterocycles. The SMILES string of the molecule is CCCC1(CNCC(CN)CC(C)(C)C)CC1. The highest BCUT2D eigenvalue weighted by Crippen LogP contribution is 2.48. The van der Waals surface area contributed by atoms with Gasteiger partial charge in [-0.3, -0.25) is 0 Å². The summed E-state index contributed by atoms with van der Waals surface area (Å²) in [6, 6.07) is 0. The van der Waals surface area contributed by atoms with Gasteiger partial charge in [-0.05, 0) is 55.5 Å². The fourth-order valence-corrected chi connectivity index (χ4v) is 2.87. The summed E-state index contributed by atoms with van der Waals surface area (Å²) in [4.78, 5) is 0. The third kappa shape index (κ3) is 5.87. The lowest BCUT2D eigenvalue weighted by Gasteiger charge is -2.26. The van der Waals surface area contributed by atoms with Crippen molar-refractivity contribution in [3.63, 3.8) is 0 Å². The van der Waals surface area contributed by atoms with Crippen LogP contribution in [0.3, 0.4) is 0 Å². The number of hydrogen-bond donors (Lipinski definition) is 2. The van der Waals surface area contributed by atoms with Crippen LogP contribution in [0.15, 0.2) is 0 Å². The zero-order valence-electron chi connectivity index (χ0n) is 12.3. The van der Waals surface area contributed by atoms with Crippen LogP contribution in [0.2, 0.25) is 0 Å². The van der Waals surface area contributed by atoms with Gasteiger partial charge in [-0.1, -0.05) is 34.1 Å². The molecule has 0 heterocycles. The van der Waals surface area contributed by atoms with E-state index in [9.17, 15) is 0 Å². The quantitative estimate of drug-likeness (QED) is 0.684. The standard InChI is InChI=1S/C15H32N2/c1-5-6-15(7-8-15)12-17-11-13(10-16)9-14(2,3)4/h13,17H,5-12,16H2,1-4H3. The van der Waals surface area contributed by atoms with Crippen molar-refractivity contribution in [1.29, 1.82) is 0 Å². The van der Waals surface area contributed by atoms with Gasteiger partial charge in [-0.25, -0.2) is 0 Å². The summed E-state index contributed by atoms with van der Waals surface area (Å²) in [6.07, 6.45) is 6.80. The van der Waals surface area contributed by atoms with E-state index in [-0.39, 0.29) is 0 Å². The zero-order chi connectivity index (χ0) is 12.9. The Balaban J connectivity index is 2.20. The molecule has 1 aliphatic rings. The molecule has 0 aromatic heterocycles. The van der Waals surface area contributed by atoms with Gasteiger partial charge in [-0.15, -0.1) is 0 Å². The first kappa shape index (κ1) is 15.0. The Kier molecular flexibility index (Phi) is 5.46. The Morgan fingerprint density at radius 2 is 1.94 bits per heavy atom. The van der Waals surface area contributed by atoms with Crippen molar-refractivity contribution in [2.45, 2.75) is 59.8 Å². The zero-order valence-corrected chi connectivity index (χ0v) is 12.3. The molecule has 3 N–H and O–H groups in total. The summed E-state index contributed by atoms with van der Waals surface area (Å²) in [7, 11) is 0. The molecule has 1 rings (SSSR count). The third-order valence-electron chi connectivity index (χ3n) is 3.90. The summed E-state index contributed by atoms with van der Waals surface area (Å²) in [6.45, 7) is 12.3. The van der Waals surface area contributed by atoms with Crippen molar-refractivity contribution >= 4 is 0 Å². The average Bonchev–Trinajstić information content (AvgIpc) is 2.95. The first-order chi connectivity index (χ1) is 7.91. The monoisotopic (exact) mass is 240 g/mol. The summed E-state index contributed by atoms with van der Waals surface area (Å²) in [5.41, 5.74) is 6.92. The molecule has 1 aliphatic carbocycles. The Bertz CT molecular complexity index is 213. The van der Waals surface area contributed by atoms with Crippen LogP contribution < -0.4 is 11.1 Å². The number of nitrogens with one attached hydrogen (secondary N) is 1. The highest BCUT2D eigenvalue weighted by molar-refractivity contribution is 4.94. The highest BCUT2D eigenvalue weighted by Gasteiger charge is 2.40. The smallest absolute Gasteiger partial charge is 0.000794 e. The second kappa shape index (κ2) is 6.19. The van der Waals surface area contributed by atoms with Crippen molar-refractivity contribution < 1.29 is 0 Å². The molecule has 0 bridgehead atoms. The molecule has 1 atom stereocenters. The van der Waals surface area contributed by atoms with Crippen LogP contribution in [0, 0.1) is 16.7 Å². The minimum absolute atomic E-state index is 0.395. The Labute approximate surface area is 108 Å². The van der Waals surface area contributed by atoms with E-state index in [0.717, 1.165) is 13.1 Å². The van der Waals surface area contributed by atoms with Crippen LogP contribution in [0.1, 0.15) is 59.8 Å². The first-order valence-corrected chi connectivity index (χ1v) is 7.31. The molecule has 0 amide bonds. The second-order valence-electron chi connectivity index (χ2n) is 7.25. The topological polar surface area (TPSA) is 38.0 Å². The summed E-state index contributed by atoms with van der Waals surface area (Å²) < 4.78 is 0. The second-order valence-corrected chi connectivity index (χ2v) is 7.25. The van der Waals surface area contributed by atoms with E-state index < -0.39 is 0 Å². The first-order valence-electron chi connectivity index (χ1n) is 7.31. The summed E-state index contributed by atoms with van der Waals surface area (Å²) in [5.74, 6) is 0.632. The summed E-state index contributed by atoms with van der Waals surface area (Å²) >= 11 is 0. The van der Waals surface area contributed by atoms with Gasteiger partial charge in [0.25, 0.3) is 0 Å². The Morgan fingerprint density at radius 3 is 2.35 bits per heavy atom. The molecule has 2 nitrogen and oxygen atoms in total. The highest BCUT2D eigenvalue weighted by atomic mass is 14.9. The molecule has 2 heteroatoms. The van der Waals surface area contributed by atoms with Gasteiger partial charge in [0, 0.05) is 6.54 Å². The number of rotatable bonds is 8. The van der Waals surface area contributed by atoms with E-state index in [0.29, 0.717) is 16.7 Å². The predicted molar refractivity (Wildman–Crippen MR) is 76.1 cm³/mol. The van der Waals surface area contributed by atoms with Gasteiger partial charge in [0.15, 0.2) is 0 Å². The lowest BCUT2D eigenvalue weighted by Crippen LogP contribution is -2.34. The number of nitrogens with two attached hydrogens (primary N) is 1. The maximum atomic E-state index is 5.86. The molecular weight excluding hydrogens is 208 g/mol. The van der Waals surface area contributed by atoms with Gasteiger partial charge < -0.3 is 11.1 Å². The van der Waals surface area contributed by atoms with Crippen molar-refractivity contribution in [3.8, 4) is 0 Å². The van der Waals surface area contributed by atoms with E-state index in [1.165, 1.54) is 38.6 Å². The van der Waals surface area contributed by atoms with Crippen molar-refractivity contribution in [1.82, 2.24) is 5.32 Å². The molecule has 17 heavy (non-hydrogen) atoms. The van der Waals surface area contributed by atoms with E-state index >= 15 is 0 Å². The van der Waals surface area contributed by atoms with Crippen LogP contribution in [0.4, 0.5) is 0 Å². The van der Waals surface area contributed by atoms with Gasteiger partial charge in [0.05, 0.1) is 0 Å². The molecule has 0 aromatic carbocycles. The maximum Gasteiger partial charge on any atom is 0.000794 e. The van der Waals surface area contributed by atoms with E-state index in [1.807, 2.05) is 0 Å². The fraction of sp³-hybridized carbons (Fsp3) is 1.00. The molecule has 1 saturated carbocycles. The molecule has 102 valence electrons. The molecular formula is C15H32N2. The Hall–Kier alpha value is -0.0800. The van der Waals surface area contributed by atoms with Crippen molar-refractivity contribution in [3.05, 3.63) is 0 Å². The predicted octanol–water partition coefficient (Wildman–Crippen LogP) is 3.17. The lowest BCUT2D eigenvalue weighted by molar-refractivity contribution is 0.283. The fourth-order valence-electron chi connectivity index (χ4n) is 2.87. The van der Waals surface area contributed by atoms with Gasteiger partial charge in [0.2, 0.25) is 0 Å². The lowest BCUT2D eigenvalue weighted by atomic mass is 9.84. The van der Waals surface area contributed by atoms with Crippen LogP contribution >= 0.6 is 0 Å². The van der Waals surface area contributed by atoms with Crippen LogP contribution in [-0.4, -0.2) is 19.6 Å². The van der Waals surface area contributed by atoms with Crippen LogP contribution in [-0.2, 0) is 0 Å². The molecule has 0 spiro atoms. The average molecular weight is 240 g/mol. The molecule has 0 aliphatic heterocycles. The largest absolute Gasteiger partial charge is 0.330 e. The molecule has 1 unspecified atom stereocenters. The van der Waals surface area contributed by atoms with Crippen LogP contribution in [0.25, 0.3) is 0 Å². The van der Waals surface area contributed by atoms with Gasteiger partial charge in [0.1, 0.15) is 0 Å². The molecule has 0 radical (unpaired) electrons. The Morgan fingerprint density at radius 1 is 1.29 bits per heavy atom. The maximum absolute atomic E-state index is 5.86. The normalized spacial score (nSPS) is 20.3. The van der Waals surface area contributed by atoms with E-state index in [2.05, 4.69) is 33.0 Å². The molecule has 1 fully saturated rings. The van der Waals surface area contributed by atoms with Gasteiger partial charge >= 0.3 is 0 Å². The van der Waals surface area contributed by atoms with Gasteiger partial charge in [-0.2, -0.15) is 0 Å². The van der Waals surface area contributed by atoms with Crippen molar-refractivity contribution in [2.24, 2.45) is 22.5 Å². The molecule has 0 aromatic rings. The third-order valence-corrected chi connectivity index (χ3v) is 3.90. The number of hydrogen-bond acceptors (Lipinski definition) is 2. The van der Waals surface area contributed by atoms with E-state index in [1.54, 1.807) is 0 Å². The summed E-state index contributed by atoms with van der Waals surface area (Å²) in [5, 5.41) is 3.67. The van der Waals surface area contributed by atoms with Crippen LogP contribution in [0.5, 0.6) is 0 Å².